The van der Waals surface area contributed by atoms with Gasteiger partial charge in [0, 0.05) is 17.5 Å². The van der Waals surface area contributed by atoms with E-state index in [1.807, 2.05) is 0 Å². The molecule has 1 aromatic heterocycles. The topological polar surface area (TPSA) is 59.1 Å². The van der Waals surface area contributed by atoms with Gasteiger partial charge in [-0.05, 0) is 30.7 Å². The third-order valence-corrected chi connectivity index (χ3v) is 5.31. The van der Waals surface area contributed by atoms with Gasteiger partial charge in [0.2, 0.25) is 0 Å². The van der Waals surface area contributed by atoms with Crippen molar-refractivity contribution in [3.05, 3.63) is 35.5 Å². The fourth-order valence-corrected chi connectivity index (χ4v) is 3.93. The van der Waals surface area contributed by atoms with E-state index < -0.39 is 10.0 Å². The Morgan fingerprint density at radius 3 is 2.62 bits per heavy atom. The predicted octanol–water partition coefficient (Wildman–Crippen LogP) is 3.42. The minimum absolute atomic E-state index is 0.0170. The molecule has 0 aliphatic rings. The number of hydrogen-bond acceptors (Lipinski definition) is 4. The molecule has 1 N–H and O–H groups in total. The molecule has 0 spiro atoms. The largest absolute Gasteiger partial charge is 0.258 e. The Morgan fingerprint density at radius 2 is 1.95 bits per heavy atom. The first-order valence-electron chi connectivity index (χ1n) is 6.74. The fraction of sp³-hybridized carbons (Fsp3) is 0.357. The molecule has 7 heteroatoms. The lowest BCUT2D eigenvalue weighted by Crippen LogP contribution is -2.25. The van der Waals surface area contributed by atoms with Crippen molar-refractivity contribution in [1.29, 1.82) is 0 Å². The van der Waals surface area contributed by atoms with Crippen LogP contribution >= 0.6 is 11.3 Å². The van der Waals surface area contributed by atoms with E-state index in [9.17, 15) is 12.8 Å². The second-order valence-electron chi connectivity index (χ2n) is 4.60. The Bertz CT molecular complexity index is 681. The van der Waals surface area contributed by atoms with Crippen molar-refractivity contribution in [1.82, 2.24) is 9.71 Å². The molecule has 0 aliphatic carbocycles. The van der Waals surface area contributed by atoms with E-state index in [2.05, 4.69) is 16.6 Å². The molecule has 0 atom stereocenters. The second-order valence-corrected chi connectivity index (χ2v) is 7.17. The lowest BCUT2D eigenvalue weighted by atomic mass is 10.2. The summed E-state index contributed by atoms with van der Waals surface area (Å²) in [6, 6.07) is 5.82. The van der Waals surface area contributed by atoms with Gasteiger partial charge in [-0.25, -0.2) is 22.5 Å². The number of rotatable bonds is 7. The molecule has 0 saturated carbocycles. The highest BCUT2D eigenvalue weighted by Gasteiger charge is 2.18. The quantitative estimate of drug-likeness (QED) is 0.792. The summed E-state index contributed by atoms with van der Waals surface area (Å²) in [5.74, 6) is -0.333. The average Bonchev–Trinajstić information content (AvgIpc) is 2.95. The highest BCUT2D eigenvalue weighted by atomic mass is 32.2. The van der Waals surface area contributed by atoms with Gasteiger partial charge in [0.25, 0.3) is 10.0 Å². The average molecular weight is 328 g/mol. The Kier molecular flexibility index (Phi) is 5.44. The van der Waals surface area contributed by atoms with Crippen molar-refractivity contribution in [2.24, 2.45) is 0 Å². The summed E-state index contributed by atoms with van der Waals surface area (Å²) in [4.78, 5) is 4.13. The second kappa shape index (κ2) is 7.11. The first-order chi connectivity index (χ1) is 10.0. The molecule has 2 aromatic rings. The van der Waals surface area contributed by atoms with E-state index in [1.54, 1.807) is 12.1 Å². The van der Waals surface area contributed by atoms with Crippen LogP contribution in [0.3, 0.4) is 0 Å². The highest BCUT2D eigenvalue weighted by Crippen LogP contribution is 2.25. The minimum Gasteiger partial charge on any atom is -0.223 e. The third-order valence-electron chi connectivity index (χ3n) is 2.92. The van der Waals surface area contributed by atoms with E-state index in [-0.39, 0.29) is 10.8 Å². The van der Waals surface area contributed by atoms with Crippen molar-refractivity contribution in [3.8, 4) is 10.6 Å². The summed E-state index contributed by atoms with van der Waals surface area (Å²) < 4.78 is 39.6. The van der Waals surface area contributed by atoms with Crippen LogP contribution in [-0.4, -0.2) is 19.9 Å². The van der Waals surface area contributed by atoms with Crippen LogP contribution in [0.2, 0.25) is 0 Å². The molecule has 1 aromatic carbocycles. The fourth-order valence-electron chi connectivity index (χ4n) is 1.76. The summed E-state index contributed by atoms with van der Waals surface area (Å²) in [6.07, 6.45) is 2.83. The van der Waals surface area contributed by atoms with Crippen LogP contribution in [0.1, 0.15) is 26.2 Å². The maximum absolute atomic E-state index is 12.9. The van der Waals surface area contributed by atoms with Crippen LogP contribution < -0.4 is 4.72 Å². The van der Waals surface area contributed by atoms with Gasteiger partial charge in [0.1, 0.15) is 10.8 Å². The standard InChI is InChI=1S/C14H17FN2O2S2/c1-2-3-4-9-16-21(18,19)13-10-20-14(17-13)11-5-7-12(15)8-6-11/h5-8,10,16H,2-4,9H2,1H3. The van der Waals surface area contributed by atoms with Gasteiger partial charge in [-0.15, -0.1) is 11.3 Å². The molecule has 114 valence electrons. The van der Waals surface area contributed by atoms with Crippen LogP contribution in [0, 0.1) is 5.82 Å². The number of hydrogen-bond donors (Lipinski definition) is 1. The summed E-state index contributed by atoms with van der Waals surface area (Å²) in [5, 5.41) is 2.08. The molecular weight excluding hydrogens is 311 g/mol. The third kappa shape index (κ3) is 4.33. The van der Waals surface area contributed by atoms with Crippen molar-refractivity contribution in [2.45, 2.75) is 31.2 Å². The van der Waals surface area contributed by atoms with Crippen molar-refractivity contribution in [2.75, 3.05) is 6.54 Å². The first kappa shape index (κ1) is 16.1. The number of sulfonamides is 1. The molecule has 1 heterocycles. The number of benzene rings is 1. The monoisotopic (exact) mass is 328 g/mol. The Balaban J connectivity index is 2.10. The molecular formula is C14H17FN2O2S2. The Labute approximate surface area is 128 Å². The van der Waals surface area contributed by atoms with Crippen LogP contribution in [0.4, 0.5) is 4.39 Å². The van der Waals surface area contributed by atoms with Crippen LogP contribution in [0.5, 0.6) is 0 Å². The SMILES string of the molecule is CCCCCNS(=O)(=O)c1csc(-c2ccc(F)cc2)n1. The summed E-state index contributed by atoms with van der Waals surface area (Å²) >= 11 is 1.23. The van der Waals surface area contributed by atoms with Gasteiger partial charge in [-0.2, -0.15) is 0 Å². The number of aromatic nitrogens is 1. The Morgan fingerprint density at radius 1 is 1.24 bits per heavy atom. The van der Waals surface area contributed by atoms with E-state index in [1.165, 1.54) is 28.8 Å². The molecule has 21 heavy (non-hydrogen) atoms. The van der Waals surface area contributed by atoms with Crippen LogP contribution in [0.15, 0.2) is 34.7 Å². The van der Waals surface area contributed by atoms with Gasteiger partial charge < -0.3 is 0 Å². The number of nitrogens with zero attached hydrogens (tertiary/aromatic N) is 1. The number of nitrogens with one attached hydrogen (secondary N) is 1. The maximum Gasteiger partial charge on any atom is 0.258 e. The van der Waals surface area contributed by atoms with E-state index in [0.29, 0.717) is 17.1 Å². The van der Waals surface area contributed by atoms with Crippen molar-refractivity contribution >= 4 is 21.4 Å². The smallest absolute Gasteiger partial charge is 0.223 e. The van der Waals surface area contributed by atoms with Crippen molar-refractivity contribution in [3.63, 3.8) is 0 Å². The van der Waals surface area contributed by atoms with Gasteiger partial charge in [-0.3, -0.25) is 0 Å². The Hall–Kier alpha value is -1.31. The molecule has 0 bridgehead atoms. The lowest BCUT2D eigenvalue weighted by Gasteiger charge is -2.03. The summed E-state index contributed by atoms with van der Waals surface area (Å²) in [7, 11) is -3.56. The molecule has 0 fully saturated rings. The maximum atomic E-state index is 12.9. The normalized spacial score (nSPS) is 11.7. The molecule has 2 rings (SSSR count). The van der Waals surface area contributed by atoms with Gasteiger partial charge in [0.15, 0.2) is 5.03 Å². The predicted molar refractivity (Wildman–Crippen MR) is 82.2 cm³/mol. The highest BCUT2D eigenvalue weighted by molar-refractivity contribution is 7.89. The zero-order chi connectivity index (χ0) is 15.3. The zero-order valence-corrected chi connectivity index (χ0v) is 13.3. The first-order valence-corrected chi connectivity index (χ1v) is 9.10. The lowest BCUT2D eigenvalue weighted by molar-refractivity contribution is 0.573. The van der Waals surface area contributed by atoms with E-state index in [0.717, 1.165) is 19.3 Å². The molecule has 0 radical (unpaired) electrons. The minimum atomic E-state index is -3.56. The number of unbranched alkanes of at least 4 members (excludes halogenated alkanes) is 2. The summed E-state index contributed by atoms with van der Waals surface area (Å²) in [6.45, 7) is 2.48. The van der Waals surface area contributed by atoms with Gasteiger partial charge >= 0.3 is 0 Å². The zero-order valence-electron chi connectivity index (χ0n) is 11.7. The van der Waals surface area contributed by atoms with E-state index in [4.69, 9.17) is 0 Å². The molecule has 0 amide bonds. The van der Waals surface area contributed by atoms with Crippen LogP contribution in [-0.2, 0) is 10.0 Å². The van der Waals surface area contributed by atoms with Gasteiger partial charge in [-0.1, -0.05) is 19.8 Å². The number of thiazole rings is 1. The summed E-state index contributed by atoms with van der Waals surface area (Å²) in [5.41, 5.74) is 0.703. The van der Waals surface area contributed by atoms with Crippen LogP contribution in [0.25, 0.3) is 10.6 Å². The van der Waals surface area contributed by atoms with Gasteiger partial charge in [0.05, 0.1) is 0 Å². The number of halogens is 1. The molecule has 0 aliphatic heterocycles. The van der Waals surface area contributed by atoms with Crippen molar-refractivity contribution < 1.29 is 12.8 Å². The molecule has 0 saturated heterocycles. The molecule has 0 unspecified atom stereocenters. The molecule has 4 nitrogen and oxygen atoms in total. The van der Waals surface area contributed by atoms with E-state index >= 15 is 0 Å².